The Balaban J connectivity index is 0.000000297. The number of ketones is 1. The molecule has 0 atom stereocenters. The Labute approximate surface area is 287 Å². The fourth-order valence-corrected chi connectivity index (χ4v) is 7.17. The number of hydrogen-bond acceptors (Lipinski definition) is 3. The van der Waals surface area contributed by atoms with Gasteiger partial charge in [0.15, 0.2) is 5.78 Å². The number of aliphatic hydroxyl groups excluding tert-OH is 1. The number of rotatable bonds is 8. The average molecular weight is 799 g/mol. The van der Waals surface area contributed by atoms with Crippen molar-refractivity contribution in [1.29, 1.82) is 0 Å². The second-order valence-corrected chi connectivity index (χ2v) is 13.8. The normalized spacial score (nSPS) is 12.1. The number of hydrogen-bond donors (Lipinski definition) is 1. The summed E-state index contributed by atoms with van der Waals surface area (Å²) in [4.78, 5) is 11.7. The average Bonchev–Trinajstić information content (AvgIpc) is 3.35. The molecule has 2 aromatic heterocycles. The van der Waals surface area contributed by atoms with Crippen molar-refractivity contribution in [1.82, 2.24) is 0 Å². The van der Waals surface area contributed by atoms with Crippen LogP contribution in [0.4, 0.5) is 0 Å². The van der Waals surface area contributed by atoms with Crippen LogP contribution in [0, 0.1) is 25.8 Å². The summed E-state index contributed by atoms with van der Waals surface area (Å²) in [7, 11) is 4.34. The quantitative estimate of drug-likeness (QED) is 0.0735. The summed E-state index contributed by atoms with van der Waals surface area (Å²) < 4.78 is 4.60. The molecule has 0 fully saturated rings. The number of allylic oxidation sites excluding steroid dienone is 2. The number of pyridine rings is 1. The van der Waals surface area contributed by atoms with Crippen molar-refractivity contribution in [2.75, 3.05) is 0 Å². The van der Waals surface area contributed by atoms with Gasteiger partial charge in [-0.15, -0.1) is 34.4 Å². The number of nitrogens with zero attached hydrogens (tertiary/aromatic N) is 1. The summed E-state index contributed by atoms with van der Waals surface area (Å²) in [5.74, 6) is 0.547. The molecule has 0 saturated heterocycles. The fraction of sp³-hybridized carbons (Fsp3) is 0.350. The summed E-state index contributed by atoms with van der Waals surface area (Å²) in [6.45, 7) is 19.4. The molecule has 0 bridgehead atoms. The maximum atomic E-state index is 11.7. The number of aromatic nitrogens is 1. The molecule has 3 nitrogen and oxygen atoms in total. The molecular formula is C40H48IrNO2S-. The van der Waals surface area contributed by atoms with Gasteiger partial charge in [-0.25, -0.2) is 0 Å². The molecule has 5 rings (SSSR count). The maximum Gasteiger partial charge on any atom is 0.162 e. The fourth-order valence-electron chi connectivity index (χ4n) is 6.05. The van der Waals surface area contributed by atoms with Gasteiger partial charge in [0.05, 0.1) is 17.6 Å². The Hall–Kier alpha value is -3.11. The van der Waals surface area contributed by atoms with Gasteiger partial charge in [0.1, 0.15) is 0 Å². The van der Waals surface area contributed by atoms with Crippen LogP contribution in [0.1, 0.15) is 85.3 Å². The van der Waals surface area contributed by atoms with Gasteiger partial charge in [-0.3, -0.25) is 4.79 Å². The van der Waals surface area contributed by atoms with Crippen LogP contribution in [0.15, 0.2) is 78.7 Å². The first-order valence-electron chi connectivity index (χ1n) is 16.0. The molecule has 1 N–H and O–H groups in total. The molecular weight excluding hydrogens is 751 g/mol. The van der Waals surface area contributed by atoms with E-state index in [1.54, 1.807) is 0 Å². The first-order chi connectivity index (χ1) is 20.9. The number of carbonyl (C=O) groups is 1. The van der Waals surface area contributed by atoms with Crippen LogP contribution in [0.2, 0.25) is 0 Å². The largest absolute Gasteiger partial charge is 0.512 e. The van der Waals surface area contributed by atoms with Crippen LogP contribution in [0.3, 0.4) is 0 Å². The molecule has 3 aromatic carbocycles. The Kier molecular flexibility index (Phi) is 12.5. The van der Waals surface area contributed by atoms with Gasteiger partial charge in [0.2, 0.25) is 0 Å². The molecule has 0 aliphatic carbocycles. The summed E-state index contributed by atoms with van der Waals surface area (Å²) in [5.41, 5.74) is 4.70. The van der Waals surface area contributed by atoms with Gasteiger partial charge >= 0.3 is 0 Å². The molecule has 1 radical (unpaired) electrons. The van der Waals surface area contributed by atoms with E-state index in [9.17, 15) is 9.90 Å². The Bertz CT molecular complexity index is 1800. The van der Waals surface area contributed by atoms with Crippen molar-refractivity contribution in [3.8, 4) is 11.3 Å². The van der Waals surface area contributed by atoms with E-state index in [0.29, 0.717) is 0 Å². The standard InChI is InChI=1S/C27H24NS.C13H24O2.Ir/c1-17-18-10-6-7-11-19(18)23(27(2,3)4)14-21(17)24-15-26-22(16-28(24)5)20-12-8-9-13-25(20)29-26;1-5-10(6-2)12(14)9-13(15)11(7-3)8-4;/h6-16H,1,5H2,2-4H3;9-11,14H,5-8H2,1-4H3;/q-1;;/b;12-9-;. The summed E-state index contributed by atoms with van der Waals surface area (Å²) in [6.07, 6.45) is 7.07. The first kappa shape index (κ1) is 36.4. The molecule has 0 aliphatic rings. The summed E-state index contributed by atoms with van der Waals surface area (Å²) >= 11 is 1.84. The monoisotopic (exact) mass is 799 g/mol. The molecule has 241 valence electrons. The summed E-state index contributed by atoms with van der Waals surface area (Å²) in [6, 6.07) is 21.8. The second kappa shape index (κ2) is 15.5. The van der Waals surface area contributed by atoms with Crippen LogP contribution in [0.5, 0.6) is 0 Å². The third kappa shape index (κ3) is 7.83. The topological polar surface area (TPSA) is 41.2 Å². The van der Waals surface area contributed by atoms with Gasteiger partial charge in [0.25, 0.3) is 0 Å². The van der Waals surface area contributed by atoms with E-state index in [-0.39, 0.29) is 48.9 Å². The minimum absolute atomic E-state index is 0. The van der Waals surface area contributed by atoms with Gasteiger partial charge in [0, 0.05) is 59.9 Å². The third-order valence-electron chi connectivity index (χ3n) is 8.85. The predicted molar refractivity (Wildman–Crippen MR) is 190 cm³/mol. The van der Waals surface area contributed by atoms with Gasteiger partial charge in [-0.05, 0) is 48.6 Å². The van der Waals surface area contributed by atoms with Crippen LogP contribution in [-0.2, 0) is 30.3 Å². The van der Waals surface area contributed by atoms with E-state index >= 15 is 0 Å². The van der Waals surface area contributed by atoms with Crippen molar-refractivity contribution >= 4 is 48.1 Å². The van der Waals surface area contributed by atoms with Crippen molar-refractivity contribution in [3.05, 3.63) is 104 Å². The zero-order valence-electron chi connectivity index (χ0n) is 27.9. The molecule has 0 aliphatic heterocycles. The molecule has 2 heterocycles. The van der Waals surface area contributed by atoms with Crippen molar-refractivity contribution in [2.45, 2.75) is 79.6 Å². The molecule has 0 spiro atoms. The van der Waals surface area contributed by atoms with Gasteiger partial charge in [-0.2, -0.15) is 12.5 Å². The molecule has 45 heavy (non-hydrogen) atoms. The van der Waals surface area contributed by atoms with Crippen LogP contribution < -0.4 is 4.57 Å². The smallest absolute Gasteiger partial charge is 0.162 e. The molecule has 0 unspecified atom stereocenters. The van der Waals surface area contributed by atoms with E-state index in [2.05, 4.69) is 102 Å². The predicted octanol–water partition coefficient (Wildman–Crippen LogP) is 11.1. The van der Waals surface area contributed by atoms with Crippen LogP contribution >= 0.6 is 11.3 Å². The van der Waals surface area contributed by atoms with E-state index in [0.717, 1.165) is 42.5 Å². The van der Waals surface area contributed by atoms with Crippen LogP contribution in [-0.4, -0.2) is 10.9 Å². The second-order valence-electron chi connectivity index (χ2n) is 12.7. The van der Waals surface area contributed by atoms with Crippen molar-refractivity contribution < 1.29 is 34.6 Å². The molecule has 0 saturated carbocycles. The van der Waals surface area contributed by atoms with Crippen LogP contribution in [0.25, 0.3) is 42.2 Å². The van der Waals surface area contributed by atoms with E-state index in [4.69, 9.17) is 0 Å². The number of thiophene rings is 1. The van der Waals surface area contributed by atoms with Crippen molar-refractivity contribution in [3.63, 3.8) is 0 Å². The number of carbonyl (C=O) groups excluding carboxylic acids is 1. The number of benzene rings is 3. The zero-order chi connectivity index (χ0) is 32.2. The summed E-state index contributed by atoms with van der Waals surface area (Å²) in [5, 5.41) is 14.8. The molecule has 0 amide bonds. The van der Waals surface area contributed by atoms with E-state index < -0.39 is 0 Å². The molecule has 5 aromatic rings. The van der Waals surface area contributed by atoms with Crippen molar-refractivity contribution in [2.24, 2.45) is 11.8 Å². The maximum absolute atomic E-state index is 11.7. The third-order valence-corrected chi connectivity index (χ3v) is 9.98. The Morgan fingerprint density at radius 3 is 1.98 bits per heavy atom. The van der Waals surface area contributed by atoms with E-state index in [1.165, 1.54) is 42.6 Å². The number of aliphatic hydroxyl groups is 1. The number of fused-ring (bicyclic) bond motifs is 4. The minimum Gasteiger partial charge on any atom is -0.512 e. The minimum atomic E-state index is 0. The molecule has 5 heteroatoms. The Morgan fingerprint density at radius 2 is 1.40 bits per heavy atom. The first-order valence-corrected chi connectivity index (χ1v) is 16.8. The Morgan fingerprint density at radius 1 is 0.844 bits per heavy atom. The van der Waals surface area contributed by atoms with E-state index in [1.807, 2.05) is 43.6 Å². The SMILES string of the molecule is CCC(CC)C(=O)/C=C(\O)C(CC)CC.[CH2-]c1c(-c2cc3sc4ccccc4c3c[n+]2[CH2-])cc(C(C)(C)C)c2ccccc12.[Ir]. The van der Waals surface area contributed by atoms with Gasteiger partial charge < -0.3 is 9.67 Å². The van der Waals surface area contributed by atoms with Gasteiger partial charge in [-0.1, -0.05) is 95.8 Å². The zero-order valence-corrected chi connectivity index (χ0v) is 31.1.